The molecule has 1 aromatic heterocycles. The van der Waals surface area contributed by atoms with E-state index in [4.69, 9.17) is 4.74 Å². The molecule has 0 aliphatic rings. The maximum absolute atomic E-state index is 11.6. The van der Waals surface area contributed by atoms with E-state index in [9.17, 15) is 4.79 Å². The molecule has 0 aliphatic heterocycles. The first-order chi connectivity index (χ1) is 15.6. The molecule has 0 bridgehead atoms. The molecule has 0 spiro atoms. The van der Waals surface area contributed by atoms with Crippen LogP contribution < -0.4 is 0 Å². The first kappa shape index (κ1) is 24.1. The molecule has 3 nitrogen and oxygen atoms in total. The van der Waals surface area contributed by atoms with Crippen molar-refractivity contribution in [3.05, 3.63) is 71.4 Å². The zero-order valence-electron chi connectivity index (χ0n) is 20.1. The number of benzene rings is 2. The molecule has 3 aromatic rings. The zero-order chi connectivity index (χ0) is 22.8. The maximum atomic E-state index is 11.6. The van der Waals surface area contributed by atoms with Crippen molar-refractivity contribution in [2.45, 2.75) is 78.7 Å². The molecule has 3 rings (SSSR count). The predicted molar refractivity (Wildman–Crippen MR) is 134 cm³/mol. The molecule has 3 heteroatoms. The number of rotatable bonds is 13. The van der Waals surface area contributed by atoms with Gasteiger partial charge in [0.1, 0.15) is 0 Å². The van der Waals surface area contributed by atoms with Crippen LogP contribution in [0.5, 0.6) is 0 Å². The number of unbranched alkanes of at least 4 members (excludes halogenated alkanes) is 2. The number of hydrogen-bond donors (Lipinski definition) is 0. The van der Waals surface area contributed by atoms with Crippen LogP contribution in [-0.2, 0) is 35.3 Å². The van der Waals surface area contributed by atoms with E-state index in [1.165, 1.54) is 46.9 Å². The van der Waals surface area contributed by atoms with E-state index in [0.29, 0.717) is 18.9 Å². The van der Waals surface area contributed by atoms with Gasteiger partial charge in [-0.3, -0.25) is 4.79 Å². The standard InChI is InChI=1S/C29H39NO2/c1-4-32-29(31)15-10-20-30-22-26(27-13-8-9-14-28(27)30)12-7-5-6-11-24-16-18-25(19-17-24)21-23(2)3/h8-9,13-14,16-19,22-23H,4-7,10-12,15,20-21H2,1-3H3. The third kappa shape index (κ3) is 7.25. The third-order valence-corrected chi connectivity index (χ3v) is 6.03. The SMILES string of the molecule is CCOC(=O)CCCn1cc(CCCCCc2ccc(CC(C)C)cc2)c2ccccc21. The molecule has 0 aliphatic carbocycles. The highest BCUT2D eigenvalue weighted by Gasteiger charge is 2.09. The number of ether oxygens (including phenoxy) is 1. The molecule has 1 heterocycles. The molecule has 0 unspecified atom stereocenters. The van der Waals surface area contributed by atoms with Gasteiger partial charge in [-0.1, -0.05) is 62.7 Å². The summed E-state index contributed by atoms with van der Waals surface area (Å²) in [4.78, 5) is 11.6. The maximum Gasteiger partial charge on any atom is 0.305 e. The van der Waals surface area contributed by atoms with E-state index >= 15 is 0 Å². The van der Waals surface area contributed by atoms with Crippen molar-refractivity contribution in [2.75, 3.05) is 6.61 Å². The minimum absolute atomic E-state index is 0.0984. The van der Waals surface area contributed by atoms with E-state index in [2.05, 4.69) is 73.1 Å². The highest BCUT2D eigenvalue weighted by atomic mass is 16.5. The number of fused-ring (bicyclic) bond motifs is 1. The van der Waals surface area contributed by atoms with Gasteiger partial charge in [-0.2, -0.15) is 0 Å². The molecule has 0 atom stereocenters. The second kappa shape index (κ2) is 12.5. The number of hydrogen-bond acceptors (Lipinski definition) is 2. The summed E-state index contributed by atoms with van der Waals surface area (Å²) in [5.74, 6) is 0.614. The van der Waals surface area contributed by atoms with Crippen molar-refractivity contribution in [1.82, 2.24) is 4.57 Å². The summed E-state index contributed by atoms with van der Waals surface area (Å²) in [6, 6.07) is 17.8. The average Bonchev–Trinajstić information content (AvgIpc) is 3.12. The summed E-state index contributed by atoms with van der Waals surface area (Å²) in [6.07, 6.45) is 10.7. The lowest BCUT2D eigenvalue weighted by molar-refractivity contribution is -0.143. The number of aryl methyl sites for hydroxylation is 3. The van der Waals surface area contributed by atoms with Gasteiger partial charge in [0, 0.05) is 30.1 Å². The van der Waals surface area contributed by atoms with Crippen LogP contribution in [0.1, 0.15) is 69.6 Å². The van der Waals surface area contributed by atoms with Gasteiger partial charge in [-0.15, -0.1) is 0 Å². The van der Waals surface area contributed by atoms with E-state index in [1.807, 2.05) is 6.92 Å². The monoisotopic (exact) mass is 433 g/mol. The summed E-state index contributed by atoms with van der Waals surface area (Å²) in [5.41, 5.74) is 5.60. The Morgan fingerprint density at radius 2 is 1.62 bits per heavy atom. The van der Waals surface area contributed by atoms with E-state index in [-0.39, 0.29) is 5.97 Å². The van der Waals surface area contributed by atoms with Crippen molar-refractivity contribution in [2.24, 2.45) is 5.92 Å². The Morgan fingerprint density at radius 3 is 2.38 bits per heavy atom. The molecule has 2 aromatic carbocycles. The quantitative estimate of drug-likeness (QED) is 0.212. The summed E-state index contributed by atoms with van der Waals surface area (Å²) in [5, 5.41) is 1.35. The van der Waals surface area contributed by atoms with Crippen LogP contribution in [0.2, 0.25) is 0 Å². The van der Waals surface area contributed by atoms with Gasteiger partial charge < -0.3 is 9.30 Å². The Labute approximate surface area is 193 Å². The van der Waals surface area contributed by atoms with Gasteiger partial charge in [0.05, 0.1) is 6.61 Å². The number of para-hydroxylation sites is 1. The normalized spacial score (nSPS) is 11.4. The van der Waals surface area contributed by atoms with Crippen LogP contribution in [0.3, 0.4) is 0 Å². The molecule has 0 N–H and O–H groups in total. The lowest BCUT2D eigenvalue weighted by atomic mass is 9.99. The fourth-order valence-corrected chi connectivity index (χ4v) is 4.47. The van der Waals surface area contributed by atoms with E-state index in [0.717, 1.165) is 32.2 Å². The number of aromatic nitrogens is 1. The number of carbonyl (C=O) groups excluding carboxylic acids is 1. The number of nitrogens with zero attached hydrogens (tertiary/aromatic N) is 1. The van der Waals surface area contributed by atoms with Gasteiger partial charge in [-0.25, -0.2) is 0 Å². The van der Waals surface area contributed by atoms with Crippen molar-refractivity contribution < 1.29 is 9.53 Å². The molecule has 172 valence electrons. The largest absolute Gasteiger partial charge is 0.466 e. The van der Waals surface area contributed by atoms with Crippen LogP contribution in [-0.4, -0.2) is 17.1 Å². The first-order valence-corrected chi connectivity index (χ1v) is 12.4. The van der Waals surface area contributed by atoms with Crippen LogP contribution >= 0.6 is 0 Å². The average molecular weight is 434 g/mol. The lowest BCUT2D eigenvalue weighted by Gasteiger charge is -2.07. The molecule has 32 heavy (non-hydrogen) atoms. The molecule has 0 saturated heterocycles. The van der Waals surface area contributed by atoms with Crippen molar-refractivity contribution in [1.29, 1.82) is 0 Å². The van der Waals surface area contributed by atoms with Crippen LogP contribution in [0.25, 0.3) is 10.9 Å². The third-order valence-electron chi connectivity index (χ3n) is 6.03. The molecule has 0 amide bonds. The Hall–Kier alpha value is -2.55. The Balaban J connectivity index is 1.47. The second-order valence-corrected chi connectivity index (χ2v) is 9.25. The molecule has 0 fully saturated rings. The van der Waals surface area contributed by atoms with Gasteiger partial charge in [0.15, 0.2) is 0 Å². The summed E-state index contributed by atoms with van der Waals surface area (Å²) < 4.78 is 7.36. The summed E-state index contributed by atoms with van der Waals surface area (Å²) in [7, 11) is 0. The van der Waals surface area contributed by atoms with Crippen molar-refractivity contribution in [3.8, 4) is 0 Å². The number of carbonyl (C=O) groups is 1. The van der Waals surface area contributed by atoms with E-state index in [1.54, 1.807) is 0 Å². The molecular weight excluding hydrogens is 394 g/mol. The van der Waals surface area contributed by atoms with Crippen LogP contribution in [0, 0.1) is 5.92 Å². The first-order valence-electron chi connectivity index (χ1n) is 12.4. The smallest absolute Gasteiger partial charge is 0.305 e. The minimum atomic E-state index is -0.0984. The van der Waals surface area contributed by atoms with Gasteiger partial charge in [-0.05, 0) is 74.1 Å². The molecular formula is C29H39NO2. The second-order valence-electron chi connectivity index (χ2n) is 9.25. The fourth-order valence-electron chi connectivity index (χ4n) is 4.47. The Bertz CT molecular complexity index is 968. The van der Waals surface area contributed by atoms with Gasteiger partial charge in [0.2, 0.25) is 0 Å². The molecule has 0 radical (unpaired) electrons. The Morgan fingerprint density at radius 1 is 0.906 bits per heavy atom. The van der Waals surface area contributed by atoms with Gasteiger partial charge in [0.25, 0.3) is 0 Å². The predicted octanol–water partition coefficient (Wildman–Crippen LogP) is 7.14. The number of esters is 1. The minimum Gasteiger partial charge on any atom is -0.466 e. The summed E-state index contributed by atoms with van der Waals surface area (Å²) >= 11 is 0. The van der Waals surface area contributed by atoms with E-state index < -0.39 is 0 Å². The highest BCUT2D eigenvalue weighted by molar-refractivity contribution is 5.84. The zero-order valence-corrected chi connectivity index (χ0v) is 20.1. The van der Waals surface area contributed by atoms with Crippen molar-refractivity contribution in [3.63, 3.8) is 0 Å². The highest BCUT2D eigenvalue weighted by Crippen LogP contribution is 2.24. The van der Waals surface area contributed by atoms with Crippen LogP contribution in [0.4, 0.5) is 0 Å². The van der Waals surface area contributed by atoms with Crippen LogP contribution in [0.15, 0.2) is 54.7 Å². The topological polar surface area (TPSA) is 31.2 Å². The van der Waals surface area contributed by atoms with Gasteiger partial charge >= 0.3 is 5.97 Å². The lowest BCUT2D eigenvalue weighted by Crippen LogP contribution is -2.06. The van der Waals surface area contributed by atoms with Crippen molar-refractivity contribution >= 4 is 16.9 Å². The summed E-state index contributed by atoms with van der Waals surface area (Å²) in [6.45, 7) is 7.71. The molecule has 0 saturated carbocycles. The fraction of sp³-hybridized carbons (Fsp3) is 0.483. The Kier molecular flexibility index (Phi) is 9.40.